The molecule has 9 heteroatoms. The number of ketones is 1. The molecule has 0 spiro atoms. The number of phenols is 1. The van der Waals surface area contributed by atoms with Crippen molar-refractivity contribution in [3.63, 3.8) is 0 Å². The number of anilines is 1. The van der Waals surface area contributed by atoms with Gasteiger partial charge in [-0.2, -0.15) is 0 Å². The van der Waals surface area contributed by atoms with Crippen molar-refractivity contribution in [3.05, 3.63) is 53.5 Å². The molecule has 0 saturated carbocycles. The van der Waals surface area contributed by atoms with E-state index >= 15 is 0 Å². The Morgan fingerprint density at radius 1 is 1.10 bits per heavy atom. The van der Waals surface area contributed by atoms with E-state index in [1.54, 1.807) is 18.2 Å². The zero-order valence-corrected chi connectivity index (χ0v) is 22.0. The van der Waals surface area contributed by atoms with Gasteiger partial charge in [0, 0.05) is 55.1 Å². The summed E-state index contributed by atoms with van der Waals surface area (Å²) in [5.41, 5.74) is 2.86. The van der Waals surface area contributed by atoms with Crippen LogP contribution in [0.3, 0.4) is 0 Å². The second-order valence-electron chi connectivity index (χ2n) is 11.1. The van der Waals surface area contributed by atoms with E-state index in [-0.39, 0.29) is 40.9 Å². The number of phenolic OH excluding ortho intramolecular Hbond substituents is 1. The predicted octanol–water partition coefficient (Wildman–Crippen LogP) is 3.89. The number of allylic oxidation sites excluding steroid dienone is 1. The number of rotatable bonds is 3. The number of morpholine rings is 1. The molecular weight excluding hydrogens is 496 g/mol. The number of ether oxygens (including phenoxy) is 2. The van der Waals surface area contributed by atoms with Gasteiger partial charge in [0.2, 0.25) is 11.7 Å². The zero-order valence-electron chi connectivity index (χ0n) is 22.0. The number of piperidine rings is 2. The molecule has 2 atom stereocenters. The van der Waals surface area contributed by atoms with Crippen molar-refractivity contribution in [3.8, 4) is 11.5 Å². The van der Waals surface area contributed by atoms with Gasteiger partial charge in [-0.05, 0) is 56.4 Å². The summed E-state index contributed by atoms with van der Waals surface area (Å²) in [5, 5.41) is 11.1. The van der Waals surface area contributed by atoms with Crippen molar-refractivity contribution in [2.45, 2.75) is 44.2 Å². The number of aryl methyl sites for hydroxylation is 1. The van der Waals surface area contributed by atoms with Gasteiger partial charge in [-0.25, -0.2) is 4.98 Å². The fourth-order valence-corrected chi connectivity index (χ4v) is 6.82. The lowest BCUT2D eigenvalue weighted by molar-refractivity contribution is -0.155. The zero-order chi connectivity index (χ0) is 26.7. The molecule has 2 aromatic heterocycles. The maximum absolute atomic E-state index is 13.6. The number of pyridine rings is 1. The number of carbonyl (C=O) groups is 2. The monoisotopic (exact) mass is 528 g/mol. The largest absolute Gasteiger partial charge is 0.507 e. The molecule has 7 rings (SSSR count). The van der Waals surface area contributed by atoms with Crippen molar-refractivity contribution in [2.75, 3.05) is 31.2 Å². The van der Waals surface area contributed by atoms with E-state index in [1.165, 1.54) is 12.5 Å². The Morgan fingerprint density at radius 3 is 2.62 bits per heavy atom. The molecule has 0 radical (unpaired) electrons. The fraction of sp³-hybridized carbons (Fsp3) is 0.433. The fourth-order valence-electron chi connectivity index (χ4n) is 6.82. The Labute approximate surface area is 226 Å². The van der Waals surface area contributed by atoms with E-state index in [9.17, 15) is 14.7 Å². The minimum Gasteiger partial charge on any atom is -0.507 e. The summed E-state index contributed by atoms with van der Waals surface area (Å²) < 4.78 is 13.5. The third kappa shape index (κ3) is 3.98. The second-order valence-corrected chi connectivity index (χ2v) is 11.1. The number of benzene rings is 1. The summed E-state index contributed by atoms with van der Waals surface area (Å²) in [6.45, 7) is 2.88. The van der Waals surface area contributed by atoms with Crippen molar-refractivity contribution in [1.29, 1.82) is 0 Å². The summed E-state index contributed by atoms with van der Waals surface area (Å²) >= 11 is 0. The highest BCUT2D eigenvalue weighted by Crippen LogP contribution is 2.40. The quantitative estimate of drug-likeness (QED) is 0.515. The van der Waals surface area contributed by atoms with Crippen molar-refractivity contribution >= 4 is 34.5 Å². The van der Waals surface area contributed by atoms with Crippen LogP contribution in [0.5, 0.6) is 11.5 Å². The van der Waals surface area contributed by atoms with E-state index in [0.717, 1.165) is 61.1 Å². The number of Topliss-reactive ketones (excluding diaryl/α,β-unsaturated/α-hetero) is 1. The average Bonchev–Trinajstić information content (AvgIpc) is 3.44. The van der Waals surface area contributed by atoms with Gasteiger partial charge in [-0.15, -0.1) is 0 Å². The highest BCUT2D eigenvalue weighted by atomic mass is 16.5. The van der Waals surface area contributed by atoms with Crippen LogP contribution in [0.25, 0.3) is 17.1 Å². The van der Waals surface area contributed by atoms with Gasteiger partial charge in [-0.3, -0.25) is 9.59 Å². The van der Waals surface area contributed by atoms with Crippen LogP contribution >= 0.6 is 0 Å². The molecule has 39 heavy (non-hydrogen) atoms. The van der Waals surface area contributed by atoms with Crippen molar-refractivity contribution in [2.24, 2.45) is 13.0 Å². The summed E-state index contributed by atoms with van der Waals surface area (Å²) in [7, 11) is 1.93. The number of aromatic nitrogens is 2. The van der Waals surface area contributed by atoms with Gasteiger partial charge < -0.3 is 28.9 Å². The first-order valence-corrected chi connectivity index (χ1v) is 13.8. The third-order valence-electron chi connectivity index (χ3n) is 8.75. The van der Waals surface area contributed by atoms with Crippen LogP contribution < -0.4 is 9.64 Å². The Bertz CT molecular complexity index is 1480. The van der Waals surface area contributed by atoms with Crippen LogP contribution in [0.1, 0.15) is 48.0 Å². The average molecular weight is 529 g/mol. The number of hydrogen-bond acceptors (Lipinski definition) is 7. The van der Waals surface area contributed by atoms with Gasteiger partial charge >= 0.3 is 0 Å². The number of hydrogen-bond donors (Lipinski definition) is 1. The van der Waals surface area contributed by atoms with Crippen molar-refractivity contribution < 1.29 is 24.2 Å². The van der Waals surface area contributed by atoms with Crippen LogP contribution in [0.4, 0.5) is 5.69 Å². The van der Waals surface area contributed by atoms with Gasteiger partial charge in [0.25, 0.3) is 0 Å². The van der Waals surface area contributed by atoms with Gasteiger partial charge in [0.15, 0.2) is 5.76 Å². The minimum absolute atomic E-state index is 0.0350. The Hall–Kier alpha value is -3.85. The topological polar surface area (TPSA) is 97.1 Å². The molecule has 202 valence electrons. The van der Waals surface area contributed by atoms with Gasteiger partial charge in [0.1, 0.15) is 22.7 Å². The summed E-state index contributed by atoms with van der Waals surface area (Å²) in [5.74, 6) is 0.456. The lowest BCUT2D eigenvalue weighted by Gasteiger charge is -2.47. The highest BCUT2D eigenvalue weighted by Gasteiger charge is 2.41. The van der Waals surface area contributed by atoms with Gasteiger partial charge in [0.05, 0.1) is 25.3 Å². The molecule has 3 aromatic rings. The van der Waals surface area contributed by atoms with Crippen molar-refractivity contribution in [1.82, 2.24) is 14.5 Å². The number of fused-ring (bicyclic) bond motifs is 4. The molecule has 6 heterocycles. The van der Waals surface area contributed by atoms with Gasteiger partial charge in [-0.1, -0.05) is 6.07 Å². The van der Waals surface area contributed by atoms with E-state index < -0.39 is 0 Å². The lowest BCUT2D eigenvalue weighted by Crippen LogP contribution is -2.59. The Balaban J connectivity index is 1.15. The number of nitrogens with zero attached hydrogens (tertiary/aromatic N) is 4. The second kappa shape index (κ2) is 9.41. The molecule has 0 aliphatic carbocycles. The molecule has 4 aliphatic heterocycles. The summed E-state index contributed by atoms with van der Waals surface area (Å²) in [4.78, 5) is 35.7. The predicted molar refractivity (Wildman–Crippen MR) is 146 cm³/mol. The first-order valence-electron chi connectivity index (χ1n) is 13.8. The first kappa shape index (κ1) is 24.2. The van der Waals surface area contributed by atoms with Crippen LogP contribution in [0, 0.1) is 5.92 Å². The maximum atomic E-state index is 13.6. The molecule has 2 unspecified atom stereocenters. The number of amides is 1. The Morgan fingerprint density at radius 2 is 1.87 bits per heavy atom. The summed E-state index contributed by atoms with van der Waals surface area (Å²) in [6, 6.07) is 7.30. The maximum Gasteiger partial charge on any atom is 0.235 e. The smallest absolute Gasteiger partial charge is 0.235 e. The lowest BCUT2D eigenvalue weighted by atomic mass is 9.89. The highest BCUT2D eigenvalue weighted by molar-refractivity contribution is 6.17. The molecule has 3 saturated heterocycles. The molecular formula is C30H32N4O5. The molecule has 3 fully saturated rings. The van der Waals surface area contributed by atoms with E-state index in [0.29, 0.717) is 24.9 Å². The van der Waals surface area contributed by atoms with E-state index in [1.807, 2.05) is 30.1 Å². The third-order valence-corrected chi connectivity index (χ3v) is 8.75. The van der Waals surface area contributed by atoms with Crippen LogP contribution in [-0.4, -0.2) is 69.6 Å². The van der Waals surface area contributed by atoms with Crippen LogP contribution in [0.2, 0.25) is 0 Å². The molecule has 9 nitrogen and oxygen atoms in total. The standard InChI is InChI=1S/C30H32N4O5/c1-32-15-19(14-25-28(36)27-23(35)6-3-7-24(27)39-25)26-22(8-11-31-29(26)32)33-12-9-18(10-13-33)30(37)34-20-4-2-5-21(34)17-38-16-20/h3,6-8,11,14-15,18,20-21,35H,2,4-5,9-10,12-13,16-17H2,1H3/b25-14-. The first-order chi connectivity index (χ1) is 19.0. The normalized spacial score (nSPS) is 24.3. The SMILES string of the molecule is Cn1cc(/C=C2\Oc3cccc(O)c3C2=O)c2c(N3CCC(C(=O)N4C5CCCC4COC5)CC3)ccnc21. The van der Waals surface area contributed by atoms with Crippen LogP contribution in [-0.2, 0) is 16.6 Å². The molecule has 1 N–H and O–H groups in total. The molecule has 4 aliphatic rings. The van der Waals surface area contributed by atoms with E-state index in [2.05, 4.69) is 14.8 Å². The van der Waals surface area contributed by atoms with E-state index in [4.69, 9.17) is 9.47 Å². The number of aromatic hydroxyl groups is 1. The minimum atomic E-state index is -0.335. The molecule has 1 amide bonds. The van der Waals surface area contributed by atoms with Crippen LogP contribution in [0.15, 0.2) is 42.4 Å². The molecule has 1 aromatic carbocycles. The Kier molecular flexibility index (Phi) is 5.84. The molecule has 2 bridgehead atoms. The number of carbonyl (C=O) groups excluding carboxylic acids is 2. The summed E-state index contributed by atoms with van der Waals surface area (Å²) in [6.07, 6.45) is 10.4.